The minimum atomic E-state index is -0.0939. The Labute approximate surface area is 177 Å². The minimum Gasteiger partial charge on any atom is -0.464 e. The third-order valence-electron chi connectivity index (χ3n) is 5.27. The van der Waals surface area contributed by atoms with Crippen molar-refractivity contribution in [1.82, 2.24) is 20.3 Å². The Hall–Kier alpha value is -3.45. The number of hydrogen-bond acceptors (Lipinski definition) is 6. The van der Waals surface area contributed by atoms with Crippen molar-refractivity contribution in [3.8, 4) is 11.3 Å². The van der Waals surface area contributed by atoms with Crippen molar-refractivity contribution < 1.29 is 9.21 Å². The van der Waals surface area contributed by atoms with Gasteiger partial charge in [0.05, 0.1) is 12.0 Å². The topological polar surface area (TPSA) is 84.2 Å². The number of pyridine rings is 1. The number of benzene rings is 1. The summed E-state index contributed by atoms with van der Waals surface area (Å²) in [5.74, 6) is 0.681. The zero-order valence-corrected chi connectivity index (χ0v) is 16.7. The van der Waals surface area contributed by atoms with Crippen LogP contribution in [0.4, 0.5) is 5.82 Å². The van der Waals surface area contributed by atoms with E-state index in [0.29, 0.717) is 17.3 Å². The molecule has 1 saturated heterocycles. The molecule has 0 bridgehead atoms. The molecule has 0 aliphatic carbocycles. The highest BCUT2D eigenvalue weighted by molar-refractivity contribution is 6.29. The predicted molar refractivity (Wildman–Crippen MR) is 115 cm³/mol. The first-order chi connectivity index (χ1) is 14.7. The van der Waals surface area contributed by atoms with Crippen molar-refractivity contribution in [2.24, 2.45) is 0 Å². The summed E-state index contributed by atoms with van der Waals surface area (Å²) in [6, 6.07) is 13.0. The van der Waals surface area contributed by atoms with Crippen molar-refractivity contribution in [1.29, 1.82) is 0 Å². The molecule has 0 unspecified atom stereocenters. The van der Waals surface area contributed by atoms with E-state index in [-0.39, 0.29) is 11.9 Å². The Balaban J connectivity index is 1.26. The van der Waals surface area contributed by atoms with E-state index in [1.807, 2.05) is 36.4 Å². The van der Waals surface area contributed by atoms with E-state index < -0.39 is 0 Å². The van der Waals surface area contributed by atoms with E-state index in [1.165, 1.54) is 6.33 Å². The second kappa shape index (κ2) is 7.76. The van der Waals surface area contributed by atoms with Gasteiger partial charge in [0.15, 0.2) is 0 Å². The quantitative estimate of drug-likeness (QED) is 0.504. The monoisotopic (exact) mass is 419 g/mol. The van der Waals surface area contributed by atoms with Crippen LogP contribution in [-0.4, -0.2) is 40.0 Å². The molecule has 1 fully saturated rings. The van der Waals surface area contributed by atoms with Gasteiger partial charge in [-0.05, 0) is 30.7 Å². The van der Waals surface area contributed by atoms with Gasteiger partial charge >= 0.3 is 0 Å². The normalized spacial score (nSPS) is 16.2. The SMILES string of the molecule is O=C(N[C@H]1CCN(c2cc(Cl)ncn2)C1)c1ccc(-c2nccc3occc23)cc1. The van der Waals surface area contributed by atoms with Crippen molar-refractivity contribution in [3.63, 3.8) is 0 Å². The number of hydrogen-bond donors (Lipinski definition) is 1. The predicted octanol–water partition coefficient (Wildman–Crippen LogP) is 3.95. The lowest BCUT2D eigenvalue weighted by atomic mass is 10.1. The van der Waals surface area contributed by atoms with E-state index in [2.05, 4.69) is 25.2 Å². The first kappa shape index (κ1) is 18.6. The molecule has 30 heavy (non-hydrogen) atoms. The van der Waals surface area contributed by atoms with Crippen molar-refractivity contribution in [2.75, 3.05) is 18.0 Å². The fraction of sp³-hybridized carbons (Fsp3) is 0.182. The summed E-state index contributed by atoms with van der Waals surface area (Å²) in [5, 5.41) is 4.47. The highest BCUT2D eigenvalue weighted by atomic mass is 35.5. The lowest BCUT2D eigenvalue weighted by Crippen LogP contribution is -2.37. The molecule has 4 heterocycles. The second-order valence-electron chi connectivity index (χ2n) is 7.17. The summed E-state index contributed by atoms with van der Waals surface area (Å²) in [7, 11) is 0. The Bertz CT molecular complexity index is 1210. The maximum Gasteiger partial charge on any atom is 0.251 e. The standard InChI is InChI=1S/C22H18ClN5O2/c23-19-11-20(26-13-25-19)28-9-6-16(12-28)27-22(29)15-3-1-14(2-4-15)21-17-7-10-30-18(17)5-8-24-21/h1-5,7-8,10-11,13,16H,6,9,12H2,(H,27,29)/t16-/m0/s1. The Morgan fingerprint density at radius 3 is 2.83 bits per heavy atom. The molecule has 0 radical (unpaired) electrons. The molecule has 1 aromatic carbocycles. The van der Waals surface area contributed by atoms with Crippen LogP contribution in [-0.2, 0) is 0 Å². The van der Waals surface area contributed by atoms with E-state index in [1.54, 1.807) is 18.5 Å². The minimum absolute atomic E-state index is 0.0484. The summed E-state index contributed by atoms with van der Waals surface area (Å²) in [5.41, 5.74) is 3.17. The van der Waals surface area contributed by atoms with Gasteiger partial charge in [-0.2, -0.15) is 0 Å². The maximum atomic E-state index is 12.7. The van der Waals surface area contributed by atoms with Gasteiger partial charge in [-0.15, -0.1) is 0 Å². The summed E-state index contributed by atoms with van der Waals surface area (Å²) < 4.78 is 5.44. The number of anilines is 1. The Morgan fingerprint density at radius 2 is 2.00 bits per heavy atom. The van der Waals surface area contributed by atoms with Crippen LogP contribution in [0.15, 0.2) is 65.7 Å². The van der Waals surface area contributed by atoms with Crippen LogP contribution in [0, 0.1) is 0 Å². The average molecular weight is 420 g/mol. The van der Waals surface area contributed by atoms with Crippen molar-refractivity contribution >= 4 is 34.3 Å². The van der Waals surface area contributed by atoms with Crippen LogP contribution in [0.3, 0.4) is 0 Å². The molecule has 1 aliphatic rings. The van der Waals surface area contributed by atoms with E-state index >= 15 is 0 Å². The molecule has 5 rings (SSSR count). The average Bonchev–Trinajstić information content (AvgIpc) is 3.43. The third-order valence-corrected chi connectivity index (χ3v) is 5.47. The third kappa shape index (κ3) is 3.59. The first-order valence-electron chi connectivity index (χ1n) is 9.63. The number of furan rings is 1. The fourth-order valence-electron chi connectivity index (χ4n) is 3.76. The maximum absolute atomic E-state index is 12.7. The number of aromatic nitrogens is 3. The molecular formula is C22H18ClN5O2. The van der Waals surface area contributed by atoms with Crippen LogP contribution < -0.4 is 10.2 Å². The number of carbonyl (C=O) groups is 1. The smallest absolute Gasteiger partial charge is 0.251 e. The van der Waals surface area contributed by atoms with Crippen LogP contribution in [0.5, 0.6) is 0 Å². The zero-order valence-electron chi connectivity index (χ0n) is 16.0. The van der Waals surface area contributed by atoms with Gasteiger partial charge in [0.2, 0.25) is 0 Å². The number of amides is 1. The van der Waals surface area contributed by atoms with E-state index in [0.717, 1.165) is 41.0 Å². The molecule has 1 amide bonds. The first-order valence-corrected chi connectivity index (χ1v) is 10.0. The van der Waals surface area contributed by atoms with E-state index in [4.69, 9.17) is 16.0 Å². The largest absolute Gasteiger partial charge is 0.464 e. The molecule has 3 aromatic heterocycles. The summed E-state index contributed by atoms with van der Waals surface area (Å²) in [6.45, 7) is 1.49. The molecule has 1 atom stereocenters. The van der Waals surface area contributed by atoms with Gasteiger partial charge in [0.25, 0.3) is 5.91 Å². The fourth-order valence-corrected chi connectivity index (χ4v) is 3.90. The summed E-state index contributed by atoms with van der Waals surface area (Å²) in [6.07, 6.45) is 5.67. The molecular weight excluding hydrogens is 402 g/mol. The molecule has 8 heteroatoms. The number of rotatable bonds is 4. The Morgan fingerprint density at radius 1 is 1.13 bits per heavy atom. The second-order valence-corrected chi connectivity index (χ2v) is 7.56. The highest BCUT2D eigenvalue weighted by Crippen LogP contribution is 2.27. The zero-order chi connectivity index (χ0) is 20.5. The molecule has 1 N–H and O–H groups in total. The van der Waals surface area contributed by atoms with E-state index in [9.17, 15) is 4.79 Å². The number of halogens is 1. The molecule has 7 nitrogen and oxygen atoms in total. The molecule has 150 valence electrons. The van der Waals surface area contributed by atoms with Gasteiger partial charge in [-0.1, -0.05) is 23.7 Å². The van der Waals surface area contributed by atoms with Gasteiger partial charge < -0.3 is 14.6 Å². The summed E-state index contributed by atoms with van der Waals surface area (Å²) >= 11 is 5.95. The van der Waals surface area contributed by atoms with Crippen LogP contribution in [0.2, 0.25) is 5.15 Å². The van der Waals surface area contributed by atoms with Gasteiger partial charge in [-0.3, -0.25) is 9.78 Å². The lowest BCUT2D eigenvalue weighted by Gasteiger charge is -2.18. The van der Waals surface area contributed by atoms with Gasteiger partial charge in [0, 0.05) is 47.9 Å². The number of nitrogens with one attached hydrogen (secondary N) is 1. The van der Waals surface area contributed by atoms with Crippen molar-refractivity contribution in [2.45, 2.75) is 12.5 Å². The number of carbonyl (C=O) groups excluding carboxylic acids is 1. The van der Waals surface area contributed by atoms with Crippen LogP contribution >= 0.6 is 11.6 Å². The molecule has 0 saturated carbocycles. The Kier molecular flexibility index (Phi) is 4.80. The van der Waals surface area contributed by atoms with Crippen LogP contribution in [0.25, 0.3) is 22.2 Å². The molecule has 4 aromatic rings. The van der Waals surface area contributed by atoms with Gasteiger partial charge in [0.1, 0.15) is 22.9 Å². The lowest BCUT2D eigenvalue weighted by molar-refractivity contribution is 0.0940. The molecule has 0 spiro atoms. The van der Waals surface area contributed by atoms with Gasteiger partial charge in [-0.25, -0.2) is 9.97 Å². The highest BCUT2D eigenvalue weighted by Gasteiger charge is 2.25. The molecule has 1 aliphatic heterocycles. The summed E-state index contributed by atoms with van der Waals surface area (Å²) in [4.78, 5) is 27.4. The number of nitrogens with zero attached hydrogens (tertiary/aromatic N) is 4. The van der Waals surface area contributed by atoms with Crippen LogP contribution in [0.1, 0.15) is 16.8 Å². The van der Waals surface area contributed by atoms with Crippen molar-refractivity contribution in [3.05, 3.63) is 72.0 Å². The number of fused-ring (bicyclic) bond motifs is 1.